The predicted octanol–water partition coefficient (Wildman–Crippen LogP) is 2.54. The van der Waals surface area contributed by atoms with E-state index in [2.05, 4.69) is 4.98 Å². The molecule has 0 saturated heterocycles. The van der Waals surface area contributed by atoms with Gasteiger partial charge in [0.15, 0.2) is 5.89 Å². The first-order valence-corrected chi connectivity index (χ1v) is 6.04. The molecule has 1 aromatic rings. The molecule has 0 amide bonds. The fourth-order valence-corrected chi connectivity index (χ4v) is 2.13. The number of hydrogen-bond acceptors (Lipinski definition) is 4. The van der Waals surface area contributed by atoms with Crippen molar-refractivity contribution in [3.8, 4) is 0 Å². The van der Waals surface area contributed by atoms with E-state index in [4.69, 9.17) is 9.52 Å². The van der Waals surface area contributed by atoms with Crippen LogP contribution in [0.4, 0.5) is 0 Å². The van der Waals surface area contributed by atoms with Crippen molar-refractivity contribution in [2.24, 2.45) is 0 Å². The molecule has 1 heterocycles. The van der Waals surface area contributed by atoms with Crippen molar-refractivity contribution in [2.75, 3.05) is 7.05 Å². The van der Waals surface area contributed by atoms with E-state index in [1.807, 2.05) is 46.6 Å². The molecular formula is C13H22N2O3. The average molecular weight is 254 g/mol. The summed E-state index contributed by atoms with van der Waals surface area (Å²) in [5.41, 5.74) is 0.413. The average Bonchev–Trinajstić information content (AvgIpc) is 2.53. The first-order valence-electron chi connectivity index (χ1n) is 6.04. The van der Waals surface area contributed by atoms with Crippen molar-refractivity contribution < 1.29 is 14.3 Å². The molecule has 0 aliphatic rings. The van der Waals surface area contributed by atoms with Crippen molar-refractivity contribution in [3.63, 3.8) is 0 Å². The molecule has 5 nitrogen and oxygen atoms in total. The van der Waals surface area contributed by atoms with Crippen molar-refractivity contribution in [3.05, 3.63) is 17.3 Å². The molecule has 1 N–H and O–H groups in total. The minimum absolute atomic E-state index is 0.0134. The maximum Gasteiger partial charge on any atom is 0.305 e. The highest BCUT2D eigenvalue weighted by atomic mass is 16.4. The van der Waals surface area contributed by atoms with Crippen molar-refractivity contribution >= 4 is 5.97 Å². The Hall–Kier alpha value is -1.36. The van der Waals surface area contributed by atoms with Crippen LogP contribution in [0.2, 0.25) is 0 Å². The minimum atomic E-state index is -0.801. The summed E-state index contributed by atoms with van der Waals surface area (Å²) in [4.78, 5) is 17.1. The van der Waals surface area contributed by atoms with E-state index in [1.54, 1.807) is 0 Å². The number of hydrogen-bond donors (Lipinski definition) is 1. The lowest BCUT2D eigenvalue weighted by Gasteiger charge is -2.38. The van der Waals surface area contributed by atoms with E-state index < -0.39 is 11.5 Å². The van der Waals surface area contributed by atoms with Crippen LogP contribution in [0.1, 0.15) is 50.6 Å². The van der Waals surface area contributed by atoms with Crippen LogP contribution in [-0.4, -0.2) is 33.5 Å². The van der Waals surface area contributed by atoms with Gasteiger partial charge in [-0.2, -0.15) is 0 Å². The molecule has 1 atom stereocenters. The Balaban J connectivity index is 2.93. The summed E-state index contributed by atoms with van der Waals surface area (Å²) in [6.45, 7) is 9.54. The Morgan fingerprint density at radius 2 is 2.06 bits per heavy atom. The molecule has 0 bridgehead atoms. The molecule has 1 unspecified atom stereocenters. The number of aromatic nitrogens is 1. The monoisotopic (exact) mass is 254 g/mol. The smallest absolute Gasteiger partial charge is 0.305 e. The molecule has 102 valence electrons. The molecule has 0 radical (unpaired) electrons. The van der Waals surface area contributed by atoms with Gasteiger partial charge >= 0.3 is 5.97 Å². The lowest BCUT2D eigenvalue weighted by molar-refractivity contribution is -0.140. The third-order valence-electron chi connectivity index (χ3n) is 3.44. The third kappa shape index (κ3) is 3.10. The molecule has 0 spiro atoms. The number of carboxylic acids is 1. The zero-order chi connectivity index (χ0) is 14.1. The van der Waals surface area contributed by atoms with Crippen LogP contribution in [0.3, 0.4) is 0 Å². The number of carbonyl (C=O) groups is 1. The summed E-state index contributed by atoms with van der Waals surface area (Å²) in [5.74, 6) is 0.636. The summed E-state index contributed by atoms with van der Waals surface area (Å²) < 4.78 is 5.60. The van der Waals surface area contributed by atoms with Crippen LogP contribution < -0.4 is 0 Å². The molecule has 1 aromatic heterocycles. The second kappa shape index (κ2) is 5.10. The zero-order valence-corrected chi connectivity index (χ0v) is 11.9. The highest BCUT2D eigenvalue weighted by Gasteiger charge is 2.32. The first kappa shape index (κ1) is 14.7. The predicted molar refractivity (Wildman–Crippen MR) is 68.5 cm³/mol. The number of rotatable bonds is 5. The molecular weight excluding hydrogens is 232 g/mol. The van der Waals surface area contributed by atoms with Gasteiger partial charge in [-0.15, -0.1) is 0 Å². The number of aliphatic carboxylic acids is 1. The van der Waals surface area contributed by atoms with E-state index in [0.717, 1.165) is 11.5 Å². The molecule has 0 aromatic carbocycles. The van der Waals surface area contributed by atoms with E-state index in [0.29, 0.717) is 5.89 Å². The fraction of sp³-hybridized carbons (Fsp3) is 0.692. The van der Waals surface area contributed by atoms with E-state index in [9.17, 15) is 4.79 Å². The molecule has 18 heavy (non-hydrogen) atoms. The van der Waals surface area contributed by atoms with Gasteiger partial charge in [0.25, 0.3) is 0 Å². The Kier molecular flexibility index (Phi) is 4.16. The number of carboxylic acid groups (broad SMARTS) is 1. The van der Waals surface area contributed by atoms with Gasteiger partial charge in [0, 0.05) is 12.5 Å². The van der Waals surface area contributed by atoms with Crippen LogP contribution in [-0.2, 0) is 4.79 Å². The Morgan fingerprint density at radius 3 is 2.44 bits per heavy atom. The van der Waals surface area contributed by atoms with Gasteiger partial charge in [-0.3, -0.25) is 9.69 Å². The summed E-state index contributed by atoms with van der Waals surface area (Å²) in [6, 6.07) is -0.0134. The van der Waals surface area contributed by atoms with Gasteiger partial charge in [0.05, 0.1) is 18.2 Å². The van der Waals surface area contributed by atoms with Crippen LogP contribution in [0.15, 0.2) is 4.42 Å². The van der Waals surface area contributed by atoms with Gasteiger partial charge in [-0.05, 0) is 34.7 Å². The summed E-state index contributed by atoms with van der Waals surface area (Å²) >= 11 is 0. The second-order valence-electron chi connectivity index (χ2n) is 5.35. The lowest BCUT2D eigenvalue weighted by Crippen LogP contribution is -2.44. The lowest BCUT2D eigenvalue weighted by atomic mass is 9.96. The maximum atomic E-state index is 10.9. The highest BCUT2D eigenvalue weighted by molar-refractivity contribution is 5.68. The maximum absolute atomic E-state index is 10.9. The van der Waals surface area contributed by atoms with Crippen LogP contribution >= 0.6 is 0 Å². The van der Waals surface area contributed by atoms with E-state index in [1.165, 1.54) is 0 Å². The van der Waals surface area contributed by atoms with E-state index >= 15 is 0 Å². The van der Waals surface area contributed by atoms with Gasteiger partial charge in [-0.1, -0.05) is 0 Å². The van der Waals surface area contributed by atoms with Gasteiger partial charge < -0.3 is 9.52 Å². The molecule has 0 aliphatic carbocycles. The Morgan fingerprint density at radius 1 is 1.50 bits per heavy atom. The highest BCUT2D eigenvalue weighted by Crippen LogP contribution is 2.30. The normalized spacial score (nSPS) is 13.9. The van der Waals surface area contributed by atoms with Crippen molar-refractivity contribution in [1.82, 2.24) is 9.88 Å². The van der Waals surface area contributed by atoms with Gasteiger partial charge in [-0.25, -0.2) is 4.98 Å². The Bertz CT molecular complexity index is 437. The summed E-state index contributed by atoms with van der Waals surface area (Å²) in [6.07, 6.45) is 0.0833. The number of oxazole rings is 1. The molecule has 0 fully saturated rings. The third-order valence-corrected chi connectivity index (χ3v) is 3.44. The molecule has 5 heteroatoms. The summed E-state index contributed by atoms with van der Waals surface area (Å²) in [7, 11) is 1.91. The summed E-state index contributed by atoms with van der Waals surface area (Å²) in [5, 5.41) is 8.95. The molecule has 0 saturated carbocycles. The Labute approximate surface area is 108 Å². The van der Waals surface area contributed by atoms with Crippen LogP contribution in [0.5, 0.6) is 0 Å². The van der Waals surface area contributed by atoms with Crippen LogP contribution in [0.25, 0.3) is 0 Å². The molecule has 1 rings (SSSR count). The number of nitrogens with zero attached hydrogens (tertiary/aromatic N) is 2. The van der Waals surface area contributed by atoms with Gasteiger partial charge in [0.2, 0.25) is 0 Å². The second-order valence-corrected chi connectivity index (χ2v) is 5.35. The van der Waals surface area contributed by atoms with Crippen molar-refractivity contribution in [1.29, 1.82) is 0 Å². The fourth-order valence-electron chi connectivity index (χ4n) is 2.13. The van der Waals surface area contributed by atoms with Gasteiger partial charge in [0.1, 0.15) is 5.76 Å². The largest absolute Gasteiger partial charge is 0.481 e. The SMILES string of the molecule is Cc1nc(C)c(C(C)N(C)C(C)(C)CC(=O)O)o1. The quantitative estimate of drug-likeness (QED) is 0.874. The van der Waals surface area contributed by atoms with Crippen molar-refractivity contribution in [2.45, 2.75) is 52.6 Å². The minimum Gasteiger partial charge on any atom is -0.481 e. The van der Waals surface area contributed by atoms with E-state index in [-0.39, 0.29) is 12.5 Å². The standard InChI is InChI=1S/C13H22N2O3/c1-8-12(18-10(3)14-8)9(2)15(6)13(4,5)7-11(16)17/h9H,7H2,1-6H3,(H,16,17). The zero-order valence-electron chi connectivity index (χ0n) is 11.9. The topological polar surface area (TPSA) is 66.6 Å². The number of aryl methyl sites for hydroxylation is 2. The molecule has 0 aliphatic heterocycles. The first-order chi connectivity index (χ1) is 8.15. The van der Waals surface area contributed by atoms with Crippen LogP contribution in [0, 0.1) is 13.8 Å².